The fourth-order valence-electron chi connectivity index (χ4n) is 6.85. The Morgan fingerprint density at radius 1 is 1.06 bits per heavy atom. The lowest BCUT2D eigenvalue weighted by Gasteiger charge is -2.85. The summed E-state index contributed by atoms with van der Waals surface area (Å²) in [5, 5.41) is 0. The number of alkyl halides is 4. The highest BCUT2D eigenvalue weighted by Gasteiger charge is 2.89. The van der Waals surface area contributed by atoms with Gasteiger partial charge in [-0.05, 0) is 54.8 Å². The molecule has 0 aliphatic heterocycles. The Kier molecular flexibility index (Phi) is 2.10. The van der Waals surface area contributed by atoms with Gasteiger partial charge in [0.2, 0.25) is 0 Å². The monoisotopic (exact) mass is 310 g/mol. The molecule has 0 radical (unpaired) electrons. The first-order chi connectivity index (χ1) is 8.17. The third-order valence-electron chi connectivity index (χ3n) is 7.13. The summed E-state index contributed by atoms with van der Waals surface area (Å²) in [6.45, 7) is 4.17. The zero-order chi connectivity index (χ0) is 13.1. The molecule has 0 amide bonds. The van der Waals surface area contributed by atoms with E-state index < -0.39 is 10.0 Å². The van der Waals surface area contributed by atoms with Crippen LogP contribution in [-0.4, -0.2) is 9.46 Å². The van der Waals surface area contributed by atoms with Crippen molar-refractivity contribution in [1.29, 1.82) is 0 Å². The van der Waals surface area contributed by atoms with Gasteiger partial charge in [0, 0.05) is 5.41 Å². The highest BCUT2D eigenvalue weighted by molar-refractivity contribution is 6.48. The van der Waals surface area contributed by atoms with E-state index in [9.17, 15) is 4.39 Å². The van der Waals surface area contributed by atoms with Gasteiger partial charge in [-0.2, -0.15) is 0 Å². The standard InChI is InChI=1S/C14H18Cl3F/c1-11(2)12(14(16,17)18)8-3-7-4-9(6-8)13(11,15)10(12)5-7/h7-10H,3-6H2,1-2H3/t7-,8+,9-,10+,12+,13-/m1/s1. The molecule has 6 atom stereocenters. The topological polar surface area (TPSA) is 0 Å². The first kappa shape index (κ1) is 12.5. The zero-order valence-corrected chi connectivity index (χ0v) is 12.9. The van der Waals surface area contributed by atoms with Crippen LogP contribution in [0, 0.1) is 34.5 Å². The summed E-state index contributed by atoms with van der Waals surface area (Å²) in [4.78, 5) is -0.276. The molecule has 6 bridgehead atoms. The molecular formula is C14H18Cl3F. The summed E-state index contributed by atoms with van der Waals surface area (Å²) in [5.74, 6) is 1.74. The molecule has 0 aromatic carbocycles. The molecular weight excluding hydrogens is 294 g/mol. The van der Waals surface area contributed by atoms with Crippen molar-refractivity contribution >= 4 is 34.8 Å². The van der Waals surface area contributed by atoms with Gasteiger partial charge < -0.3 is 0 Å². The molecule has 18 heavy (non-hydrogen) atoms. The van der Waals surface area contributed by atoms with Gasteiger partial charge in [-0.3, -0.25) is 0 Å². The molecule has 0 spiro atoms. The maximum Gasteiger partial charge on any atom is 0.264 e. The van der Waals surface area contributed by atoms with Crippen LogP contribution in [0.2, 0.25) is 0 Å². The van der Waals surface area contributed by atoms with Gasteiger partial charge in [0.05, 0.1) is 4.87 Å². The summed E-state index contributed by atoms with van der Waals surface area (Å²) in [5.41, 5.74) is -0.943. The van der Waals surface area contributed by atoms with Crippen LogP contribution >= 0.6 is 34.8 Å². The molecule has 0 aromatic rings. The number of hydrogen-bond acceptors (Lipinski definition) is 0. The first-order valence-corrected chi connectivity index (χ1v) is 8.06. The number of halogens is 4. The predicted molar refractivity (Wildman–Crippen MR) is 72.8 cm³/mol. The Balaban J connectivity index is 1.94. The number of rotatable bonds is 1. The van der Waals surface area contributed by atoms with Crippen LogP contribution in [0.1, 0.15) is 39.5 Å². The van der Waals surface area contributed by atoms with E-state index in [0.717, 1.165) is 25.2 Å². The quantitative estimate of drug-likeness (QED) is 0.587. The van der Waals surface area contributed by atoms with Crippen molar-refractivity contribution in [2.45, 2.75) is 49.0 Å². The molecule has 0 aromatic heterocycles. The van der Waals surface area contributed by atoms with Gasteiger partial charge >= 0.3 is 0 Å². The van der Waals surface area contributed by atoms with Crippen molar-refractivity contribution in [2.24, 2.45) is 34.5 Å². The maximum absolute atomic E-state index is 14.7. The molecule has 6 fully saturated rings. The molecule has 6 rings (SSSR count). The Morgan fingerprint density at radius 2 is 1.67 bits per heavy atom. The summed E-state index contributed by atoms with van der Waals surface area (Å²) in [6, 6.07) is 0. The highest BCUT2D eigenvalue weighted by Crippen LogP contribution is 2.89. The lowest BCUT2D eigenvalue weighted by molar-refractivity contribution is -0.332. The van der Waals surface area contributed by atoms with Gasteiger partial charge in [0.1, 0.15) is 0 Å². The van der Waals surface area contributed by atoms with Crippen LogP contribution in [0.4, 0.5) is 4.39 Å². The van der Waals surface area contributed by atoms with Crippen LogP contribution < -0.4 is 0 Å². The SMILES string of the molecule is CC1(C)[C@@]2(Cl)[C@@H]3C[C@H]4C[C@@H](C3)[C@]1(C(F)(Cl)Cl)[C@@H]2C4. The van der Waals surface area contributed by atoms with Gasteiger partial charge in [-0.1, -0.05) is 37.0 Å². The summed E-state index contributed by atoms with van der Waals surface area (Å²) in [7, 11) is 0. The third-order valence-corrected chi connectivity index (χ3v) is 8.80. The molecule has 0 unspecified atom stereocenters. The summed E-state index contributed by atoms with van der Waals surface area (Å²) in [6.07, 6.45) is 4.35. The van der Waals surface area contributed by atoms with Crippen molar-refractivity contribution in [2.75, 3.05) is 0 Å². The third kappa shape index (κ3) is 0.912. The van der Waals surface area contributed by atoms with E-state index in [2.05, 4.69) is 13.8 Å². The smallest absolute Gasteiger partial charge is 0.207 e. The van der Waals surface area contributed by atoms with Gasteiger partial charge in [0.25, 0.3) is 4.59 Å². The van der Waals surface area contributed by atoms with E-state index in [-0.39, 0.29) is 16.2 Å². The molecule has 6 saturated carbocycles. The second-order valence-electron chi connectivity index (χ2n) is 7.52. The Morgan fingerprint density at radius 3 is 2.28 bits per heavy atom. The molecule has 6 aliphatic carbocycles. The van der Waals surface area contributed by atoms with E-state index in [0.29, 0.717) is 11.8 Å². The van der Waals surface area contributed by atoms with Crippen LogP contribution in [0.15, 0.2) is 0 Å². The molecule has 6 aliphatic rings. The van der Waals surface area contributed by atoms with Crippen molar-refractivity contribution in [1.82, 2.24) is 0 Å². The van der Waals surface area contributed by atoms with Gasteiger partial charge in [-0.15, -0.1) is 11.6 Å². The Bertz CT molecular complexity index is 429. The zero-order valence-electron chi connectivity index (χ0n) is 10.6. The Labute approximate surface area is 123 Å². The fourth-order valence-corrected chi connectivity index (χ4v) is 8.49. The van der Waals surface area contributed by atoms with E-state index in [1.54, 1.807) is 0 Å². The second kappa shape index (κ2) is 3.02. The van der Waals surface area contributed by atoms with Crippen LogP contribution in [-0.2, 0) is 0 Å². The van der Waals surface area contributed by atoms with Crippen molar-refractivity contribution in [3.05, 3.63) is 0 Å². The fraction of sp³-hybridized carbons (Fsp3) is 1.00. The van der Waals surface area contributed by atoms with Crippen molar-refractivity contribution in [3.8, 4) is 0 Å². The van der Waals surface area contributed by atoms with Crippen LogP contribution in [0.5, 0.6) is 0 Å². The van der Waals surface area contributed by atoms with Crippen LogP contribution in [0.25, 0.3) is 0 Å². The minimum Gasteiger partial charge on any atom is -0.207 e. The highest BCUT2D eigenvalue weighted by atomic mass is 35.5. The first-order valence-electron chi connectivity index (χ1n) is 6.93. The minimum atomic E-state index is -2.16. The minimum absolute atomic E-state index is 0.165. The normalized spacial score (nSPS) is 59.7. The average molecular weight is 312 g/mol. The van der Waals surface area contributed by atoms with Gasteiger partial charge in [-0.25, -0.2) is 4.39 Å². The summed E-state index contributed by atoms with van der Waals surface area (Å²) < 4.78 is 12.5. The molecule has 0 nitrogen and oxygen atoms in total. The molecule has 4 heteroatoms. The van der Waals surface area contributed by atoms with Gasteiger partial charge in [0.15, 0.2) is 0 Å². The molecule has 102 valence electrons. The molecule has 0 N–H and O–H groups in total. The summed E-state index contributed by atoms with van der Waals surface area (Å²) >= 11 is 19.1. The average Bonchev–Trinajstić information content (AvgIpc) is 2.22. The van der Waals surface area contributed by atoms with Crippen molar-refractivity contribution < 1.29 is 4.39 Å². The maximum atomic E-state index is 14.7. The Hall–Kier alpha value is 0.800. The van der Waals surface area contributed by atoms with Crippen molar-refractivity contribution in [3.63, 3.8) is 0 Å². The van der Waals surface area contributed by atoms with Crippen LogP contribution in [0.3, 0.4) is 0 Å². The van der Waals surface area contributed by atoms with E-state index in [1.807, 2.05) is 0 Å². The van der Waals surface area contributed by atoms with E-state index >= 15 is 0 Å². The van der Waals surface area contributed by atoms with E-state index in [4.69, 9.17) is 34.8 Å². The largest absolute Gasteiger partial charge is 0.264 e. The lowest BCUT2D eigenvalue weighted by atomic mass is 9.23. The van der Waals surface area contributed by atoms with E-state index in [1.165, 1.54) is 6.42 Å². The number of hydrogen-bond donors (Lipinski definition) is 0. The second-order valence-corrected chi connectivity index (χ2v) is 9.38. The molecule has 0 heterocycles. The molecule has 0 saturated heterocycles. The predicted octanol–water partition coefficient (Wildman–Crippen LogP) is 5.16. The lowest BCUT2D eigenvalue weighted by Crippen LogP contribution is -2.86.